The first-order chi connectivity index (χ1) is 8.70. The third-order valence-electron chi connectivity index (χ3n) is 2.61. The standard InChI is InChI=1S/C15H12ClNO/c1-11-6-7-15(14(16)8-11)18-10-13-5-3-2-4-12(13)9-17/h2-8H,10H2,1H3. The van der Waals surface area contributed by atoms with Crippen LogP contribution in [0.25, 0.3) is 0 Å². The van der Waals surface area contributed by atoms with Crippen molar-refractivity contribution in [2.45, 2.75) is 13.5 Å². The molecule has 0 unspecified atom stereocenters. The summed E-state index contributed by atoms with van der Waals surface area (Å²) in [6, 6.07) is 15.1. The molecule has 0 aliphatic rings. The highest BCUT2D eigenvalue weighted by Crippen LogP contribution is 2.26. The van der Waals surface area contributed by atoms with E-state index < -0.39 is 0 Å². The zero-order chi connectivity index (χ0) is 13.0. The van der Waals surface area contributed by atoms with E-state index >= 15 is 0 Å². The molecule has 0 aliphatic carbocycles. The third-order valence-corrected chi connectivity index (χ3v) is 2.90. The van der Waals surface area contributed by atoms with Crippen LogP contribution >= 0.6 is 11.6 Å². The highest BCUT2D eigenvalue weighted by Gasteiger charge is 2.04. The van der Waals surface area contributed by atoms with Crippen LogP contribution in [0.1, 0.15) is 16.7 Å². The minimum absolute atomic E-state index is 0.340. The average molecular weight is 258 g/mol. The van der Waals surface area contributed by atoms with E-state index in [1.807, 2.05) is 43.3 Å². The Labute approximate surface area is 111 Å². The van der Waals surface area contributed by atoms with Gasteiger partial charge in [0, 0.05) is 5.56 Å². The molecule has 0 N–H and O–H groups in total. The summed E-state index contributed by atoms with van der Waals surface area (Å²) in [4.78, 5) is 0. The summed E-state index contributed by atoms with van der Waals surface area (Å²) in [5.41, 5.74) is 2.57. The molecule has 0 heterocycles. The van der Waals surface area contributed by atoms with Gasteiger partial charge in [-0.15, -0.1) is 0 Å². The lowest BCUT2D eigenvalue weighted by Crippen LogP contribution is -1.98. The van der Waals surface area contributed by atoms with Gasteiger partial charge in [0.2, 0.25) is 0 Å². The Hall–Kier alpha value is -1.98. The first-order valence-corrected chi connectivity index (χ1v) is 5.95. The van der Waals surface area contributed by atoms with Crippen molar-refractivity contribution in [3.8, 4) is 11.8 Å². The Kier molecular flexibility index (Phi) is 3.86. The Balaban J connectivity index is 2.14. The highest BCUT2D eigenvalue weighted by atomic mass is 35.5. The normalized spacial score (nSPS) is 9.83. The topological polar surface area (TPSA) is 33.0 Å². The molecule has 0 spiro atoms. The second-order valence-electron chi connectivity index (χ2n) is 3.99. The summed E-state index contributed by atoms with van der Waals surface area (Å²) in [5.74, 6) is 0.634. The monoisotopic (exact) mass is 257 g/mol. The smallest absolute Gasteiger partial charge is 0.138 e. The fourth-order valence-electron chi connectivity index (χ4n) is 1.63. The Morgan fingerprint density at radius 1 is 1.22 bits per heavy atom. The van der Waals surface area contributed by atoms with Crippen LogP contribution < -0.4 is 4.74 Å². The van der Waals surface area contributed by atoms with Crippen molar-refractivity contribution in [3.05, 3.63) is 64.2 Å². The molecule has 2 rings (SSSR count). The van der Waals surface area contributed by atoms with E-state index in [2.05, 4.69) is 6.07 Å². The van der Waals surface area contributed by atoms with Crippen LogP contribution in [0, 0.1) is 18.3 Å². The maximum atomic E-state index is 8.97. The third kappa shape index (κ3) is 2.82. The molecule has 0 saturated heterocycles. The molecule has 0 saturated carbocycles. The lowest BCUT2D eigenvalue weighted by atomic mass is 10.1. The fraction of sp³-hybridized carbons (Fsp3) is 0.133. The van der Waals surface area contributed by atoms with Gasteiger partial charge in [-0.05, 0) is 30.7 Å². The van der Waals surface area contributed by atoms with Crippen LogP contribution in [-0.2, 0) is 6.61 Å². The SMILES string of the molecule is Cc1ccc(OCc2ccccc2C#N)c(Cl)c1. The van der Waals surface area contributed by atoms with Gasteiger partial charge in [0.05, 0.1) is 16.7 Å². The lowest BCUT2D eigenvalue weighted by molar-refractivity contribution is 0.306. The predicted molar refractivity (Wildman–Crippen MR) is 71.7 cm³/mol. The number of ether oxygens (including phenoxy) is 1. The molecule has 3 heteroatoms. The first-order valence-electron chi connectivity index (χ1n) is 5.57. The largest absolute Gasteiger partial charge is 0.487 e. The van der Waals surface area contributed by atoms with E-state index in [9.17, 15) is 0 Å². The summed E-state index contributed by atoms with van der Waals surface area (Å²) in [6.45, 7) is 2.31. The van der Waals surface area contributed by atoms with Crippen LogP contribution in [0.5, 0.6) is 5.75 Å². The average Bonchev–Trinajstić information content (AvgIpc) is 2.38. The van der Waals surface area contributed by atoms with Crippen molar-refractivity contribution in [2.75, 3.05) is 0 Å². The molecule has 0 amide bonds. The molecule has 0 atom stereocenters. The number of benzene rings is 2. The van der Waals surface area contributed by atoms with Gasteiger partial charge in [-0.2, -0.15) is 5.26 Å². The van der Waals surface area contributed by atoms with E-state index in [1.165, 1.54) is 0 Å². The van der Waals surface area contributed by atoms with Crippen LogP contribution in [0.15, 0.2) is 42.5 Å². The van der Waals surface area contributed by atoms with Gasteiger partial charge in [-0.3, -0.25) is 0 Å². The maximum absolute atomic E-state index is 8.97. The van der Waals surface area contributed by atoms with Crippen molar-refractivity contribution >= 4 is 11.6 Å². The molecule has 90 valence electrons. The Morgan fingerprint density at radius 3 is 2.72 bits per heavy atom. The number of hydrogen-bond acceptors (Lipinski definition) is 2. The minimum atomic E-state index is 0.340. The van der Waals surface area contributed by atoms with Gasteiger partial charge >= 0.3 is 0 Å². The highest BCUT2D eigenvalue weighted by molar-refractivity contribution is 6.32. The van der Waals surface area contributed by atoms with Crippen molar-refractivity contribution in [1.29, 1.82) is 5.26 Å². The van der Waals surface area contributed by atoms with Crippen molar-refractivity contribution in [3.63, 3.8) is 0 Å². The summed E-state index contributed by atoms with van der Waals surface area (Å²) in [5, 5.41) is 9.56. The van der Waals surface area contributed by atoms with Crippen molar-refractivity contribution < 1.29 is 4.74 Å². The molecule has 2 nitrogen and oxygen atoms in total. The Bertz CT molecular complexity index is 602. The van der Waals surface area contributed by atoms with Gasteiger partial charge in [0.25, 0.3) is 0 Å². The van der Waals surface area contributed by atoms with E-state index in [1.54, 1.807) is 6.07 Å². The molecule has 0 bridgehead atoms. The summed E-state index contributed by atoms with van der Waals surface area (Å²) < 4.78 is 5.64. The van der Waals surface area contributed by atoms with Crippen molar-refractivity contribution in [2.24, 2.45) is 0 Å². The minimum Gasteiger partial charge on any atom is -0.487 e. The van der Waals surface area contributed by atoms with Gasteiger partial charge in [0.15, 0.2) is 0 Å². The van der Waals surface area contributed by atoms with Gasteiger partial charge < -0.3 is 4.74 Å². The molecule has 2 aromatic carbocycles. The molecule has 0 fully saturated rings. The molecular formula is C15H12ClNO. The van der Waals surface area contributed by atoms with E-state index in [0.29, 0.717) is 22.9 Å². The van der Waals surface area contributed by atoms with E-state index in [4.69, 9.17) is 21.6 Å². The lowest BCUT2D eigenvalue weighted by Gasteiger charge is -2.09. The number of rotatable bonds is 3. The van der Waals surface area contributed by atoms with Gasteiger partial charge in [-0.1, -0.05) is 35.9 Å². The van der Waals surface area contributed by atoms with Crippen LogP contribution in [0.4, 0.5) is 0 Å². The van der Waals surface area contributed by atoms with Crippen LogP contribution in [0.3, 0.4) is 0 Å². The quantitative estimate of drug-likeness (QED) is 0.829. The number of aryl methyl sites for hydroxylation is 1. The Morgan fingerprint density at radius 2 is 2.00 bits per heavy atom. The van der Waals surface area contributed by atoms with Crippen LogP contribution in [0.2, 0.25) is 5.02 Å². The summed E-state index contributed by atoms with van der Waals surface area (Å²) in [7, 11) is 0. The zero-order valence-electron chi connectivity index (χ0n) is 9.98. The molecule has 0 aliphatic heterocycles. The summed E-state index contributed by atoms with van der Waals surface area (Å²) >= 11 is 6.08. The number of hydrogen-bond donors (Lipinski definition) is 0. The second-order valence-corrected chi connectivity index (χ2v) is 4.40. The molecular weight excluding hydrogens is 246 g/mol. The second kappa shape index (κ2) is 5.57. The number of nitriles is 1. The maximum Gasteiger partial charge on any atom is 0.138 e. The number of halogens is 1. The predicted octanol–water partition coefficient (Wildman–Crippen LogP) is 4.10. The van der Waals surface area contributed by atoms with Crippen LogP contribution in [-0.4, -0.2) is 0 Å². The van der Waals surface area contributed by atoms with E-state index in [0.717, 1.165) is 11.1 Å². The summed E-state index contributed by atoms with van der Waals surface area (Å²) in [6.07, 6.45) is 0. The zero-order valence-corrected chi connectivity index (χ0v) is 10.7. The molecule has 18 heavy (non-hydrogen) atoms. The van der Waals surface area contributed by atoms with Crippen molar-refractivity contribution in [1.82, 2.24) is 0 Å². The molecule has 0 aromatic heterocycles. The van der Waals surface area contributed by atoms with Gasteiger partial charge in [-0.25, -0.2) is 0 Å². The molecule has 2 aromatic rings. The molecule has 0 radical (unpaired) electrons. The fourth-order valence-corrected chi connectivity index (χ4v) is 1.92. The van der Waals surface area contributed by atoms with Gasteiger partial charge in [0.1, 0.15) is 12.4 Å². The number of nitrogens with zero attached hydrogens (tertiary/aromatic N) is 1. The first kappa shape index (κ1) is 12.5. The van der Waals surface area contributed by atoms with E-state index in [-0.39, 0.29) is 0 Å².